The highest BCUT2D eigenvalue weighted by atomic mass is 31.2. The van der Waals surface area contributed by atoms with Gasteiger partial charge < -0.3 is 14.3 Å². The molecule has 0 aliphatic rings. The fourth-order valence-electron chi connectivity index (χ4n) is 2.75. The van der Waals surface area contributed by atoms with Crippen molar-refractivity contribution in [3.8, 4) is 5.75 Å². The maximum absolute atomic E-state index is 9.20. The summed E-state index contributed by atoms with van der Waals surface area (Å²) in [6.07, 6.45) is 3.35. The molecule has 126 valence electrons. The van der Waals surface area contributed by atoms with E-state index >= 15 is 0 Å². The third kappa shape index (κ3) is 5.22. The Morgan fingerprint density at radius 3 is 1.73 bits per heavy atom. The first-order valence-electron chi connectivity index (χ1n) is 8.00. The SMILES string of the molecule is CCCCc1c(C(C)(C)C)cc(OP(O)O)cc1C(C)(C)C. The normalized spacial score (nSPS) is 12.8. The van der Waals surface area contributed by atoms with Gasteiger partial charge in [-0.2, -0.15) is 0 Å². The van der Waals surface area contributed by atoms with Crippen LogP contribution >= 0.6 is 8.60 Å². The second-order valence-electron chi connectivity index (χ2n) is 7.94. The molecule has 3 nitrogen and oxygen atoms in total. The number of hydrogen-bond donors (Lipinski definition) is 2. The van der Waals surface area contributed by atoms with Gasteiger partial charge in [0.2, 0.25) is 0 Å². The van der Waals surface area contributed by atoms with Crippen molar-refractivity contribution in [3.05, 3.63) is 28.8 Å². The van der Waals surface area contributed by atoms with E-state index < -0.39 is 8.60 Å². The first-order chi connectivity index (χ1) is 9.96. The molecule has 4 heteroatoms. The van der Waals surface area contributed by atoms with E-state index in [4.69, 9.17) is 4.52 Å². The largest absolute Gasteiger partial charge is 0.427 e. The smallest absolute Gasteiger partial charge is 0.391 e. The molecule has 0 aliphatic carbocycles. The molecule has 0 aliphatic heterocycles. The van der Waals surface area contributed by atoms with Gasteiger partial charge in [0.25, 0.3) is 0 Å². The van der Waals surface area contributed by atoms with Crippen LogP contribution in [-0.2, 0) is 17.3 Å². The van der Waals surface area contributed by atoms with Crippen LogP contribution in [0.3, 0.4) is 0 Å². The Hall–Kier alpha value is -0.630. The van der Waals surface area contributed by atoms with Gasteiger partial charge >= 0.3 is 8.60 Å². The van der Waals surface area contributed by atoms with E-state index in [-0.39, 0.29) is 10.8 Å². The summed E-state index contributed by atoms with van der Waals surface area (Å²) < 4.78 is 5.22. The molecule has 0 amide bonds. The van der Waals surface area contributed by atoms with E-state index in [1.54, 1.807) is 0 Å². The average molecular weight is 326 g/mol. The Labute approximate surface area is 136 Å². The van der Waals surface area contributed by atoms with Crippen molar-refractivity contribution in [1.82, 2.24) is 0 Å². The second-order valence-corrected chi connectivity index (χ2v) is 8.63. The van der Waals surface area contributed by atoms with Crippen LogP contribution in [0, 0.1) is 0 Å². The fourth-order valence-corrected chi connectivity index (χ4v) is 3.05. The summed E-state index contributed by atoms with van der Waals surface area (Å²) in [7, 11) is -2.39. The number of hydrogen-bond acceptors (Lipinski definition) is 3. The predicted octanol–water partition coefficient (Wildman–Crippen LogP) is 5.21. The predicted molar refractivity (Wildman–Crippen MR) is 94.4 cm³/mol. The van der Waals surface area contributed by atoms with E-state index in [2.05, 4.69) is 48.5 Å². The van der Waals surface area contributed by atoms with E-state index in [0.717, 1.165) is 19.3 Å². The Morgan fingerprint density at radius 1 is 0.955 bits per heavy atom. The lowest BCUT2D eigenvalue weighted by molar-refractivity contribution is 0.373. The van der Waals surface area contributed by atoms with Gasteiger partial charge in [-0.1, -0.05) is 54.9 Å². The second kappa shape index (κ2) is 7.29. The zero-order valence-electron chi connectivity index (χ0n) is 15.0. The molecule has 0 heterocycles. The van der Waals surface area contributed by atoms with Gasteiger partial charge in [0, 0.05) is 0 Å². The van der Waals surface area contributed by atoms with Crippen LogP contribution in [0.15, 0.2) is 12.1 Å². The Balaban J connectivity index is 3.54. The lowest BCUT2D eigenvalue weighted by atomic mass is 9.75. The molecule has 2 N–H and O–H groups in total. The number of rotatable bonds is 5. The molecule has 1 rings (SSSR count). The Morgan fingerprint density at radius 2 is 1.41 bits per heavy atom. The van der Waals surface area contributed by atoms with Crippen molar-refractivity contribution in [3.63, 3.8) is 0 Å². The zero-order valence-corrected chi connectivity index (χ0v) is 15.9. The van der Waals surface area contributed by atoms with Crippen LogP contribution in [0.1, 0.15) is 78.0 Å². The molecule has 0 aromatic heterocycles. The van der Waals surface area contributed by atoms with Gasteiger partial charge in [0.05, 0.1) is 0 Å². The Bertz CT molecular complexity index is 461. The van der Waals surface area contributed by atoms with Crippen molar-refractivity contribution in [2.45, 2.75) is 78.6 Å². The van der Waals surface area contributed by atoms with Gasteiger partial charge in [-0.25, -0.2) is 0 Å². The molecular formula is C18H31O3P. The van der Waals surface area contributed by atoms with Gasteiger partial charge in [-0.15, -0.1) is 0 Å². The van der Waals surface area contributed by atoms with Crippen LogP contribution in [0.2, 0.25) is 0 Å². The molecule has 1 aromatic rings. The molecule has 0 atom stereocenters. The van der Waals surface area contributed by atoms with Gasteiger partial charge in [0.1, 0.15) is 5.75 Å². The molecule has 0 bridgehead atoms. The van der Waals surface area contributed by atoms with Crippen LogP contribution < -0.4 is 4.52 Å². The summed E-state index contributed by atoms with van der Waals surface area (Å²) in [5, 5.41) is 0. The van der Waals surface area contributed by atoms with Crippen molar-refractivity contribution in [2.24, 2.45) is 0 Å². The molecule has 0 fully saturated rings. The van der Waals surface area contributed by atoms with E-state index in [0.29, 0.717) is 5.75 Å². The summed E-state index contributed by atoms with van der Waals surface area (Å²) in [6.45, 7) is 15.3. The molecule has 0 spiro atoms. The van der Waals surface area contributed by atoms with E-state index in [1.165, 1.54) is 16.7 Å². The summed E-state index contributed by atoms with van der Waals surface area (Å²) in [5.41, 5.74) is 3.82. The average Bonchev–Trinajstić information content (AvgIpc) is 2.33. The minimum atomic E-state index is -2.39. The van der Waals surface area contributed by atoms with Gasteiger partial charge in [-0.05, 0) is 52.5 Å². The topological polar surface area (TPSA) is 49.7 Å². The monoisotopic (exact) mass is 326 g/mol. The van der Waals surface area contributed by atoms with E-state index in [1.807, 2.05) is 12.1 Å². The van der Waals surface area contributed by atoms with Crippen molar-refractivity contribution in [1.29, 1.82) is 0 Å². The third-order valence-electron chi connectivity index (χ3n) is 3.81. The zero-order chi connectivity index (χ0) is 17.1. The molecule has 22 heavy (non-hydrogen) atoms. The first kappa shape index (κ1) is 19.4. The standard InChI is InChI=1S/C18H31O3P/c1-8-9-10-14-15(17(2,3)4)11-13(21-22(19)20)12-16(14)18(5,6)7/h11-12,19-20H,8-10H2,1-7H3. The third-order valence-corrected chi connectivity index (χ3v) is 4.18. The van der Waals surface area contributed by atoms with Gasteiger partial charge in [0.15, 0.2) is 0 Å². The Kier molecular flexibility index (Phi) is 6.44. The molecule has 1 aromatic carbocycles. The summed E-state index contributed by atoms with van der Waals surface area (Å²) >= 11 is 0. The molecule has 0 radical (unpaired) electrons. The summed E-state index contributed by atoms with van der Waals surface area (Å²) in [5.74, 6) is 0.547. The quantitative estimate of drug-likeness (QED) is 0.730. The summed E-state index contributed by atoms with van der Waals surface area (Å²) in [6, 6.07) is 3.95. The summed E-state index contributed by atoms with van der Waals surface area (Å²) in [4.78, 5) is 18.4. The minimum absolute atomic E-state index is 0.0177. The number of benzene rings is 1. The lowest BCUT2D eigenvalue weighted by Crippen LogP contribution is -2.21. The van der Waals surface area contributed by atoms with Crippen LogP contribution in [0.4, 0.5) is 0 Å². The van der Waals surface area contributed by atoms with Gasteiger partial charge in [-0.3, -0.25) is 0 Å². The molecule has 0 unspecified atom stereocenters. The van der Waals surface area contributed by atoms with Crippen molar-refractivity contribution in [2.75, 3.05) is 0 Å². The van der Waals surface area contributed by atoms with Crippen LogP contribution in [-0.4, -0.2) is 9.79 Å². The maximum Gasteiger partial charge on any atom is 0.391 e. The highest BCUT2D eigenvalue weighted by Crippen LogP contribution is 2.40. The highest BCUT2D eigenvalue weighted by Gasteiger charge is 2.27. The van der Waals surface area contributed by atoms with E-state index in [9.17, 15) is 9.79 Å². The minimum Gasteiger partial charge on any atom is -0.427 e. The lowest BCUT2D eigenvalue weighted by Gasteiger charge is -2.31. The van der Waals surface area contributed by atoms with Crippen molar-refractivity contribution >= 4 is 8.60 Å². The van der Waals surface area contributed by atoms with Crippen LogP contribution in [0.5, 0.6) is 5.75 Å². The van der Waals surface area contributed by atoms with Crippen LogP contribution in [0.25, 0.3) is 0 Å². The fraction of sp³-hybridized carbons (Fsp3) is 0.667. The first-order valence-corrected chi connectivity index (χ1v) is 9.17. The molecule has 0 saturated heterocycles. The highest BCUT2D eigenvalue weighted by molar-refractivity contribution is 7.39. The molecule has 0 saturated carbocycles. The van der Waals surface area contributed by atoms with Crippen molar-refractivity contribution < 1.29 is 14.3 Å². The maximum atomic E-state index is 9.20. The molecular weight excluding hydrogens is 295 g/mol. The number of unbranched alkanes of at least 4 members (excludes halogenated alkanes) is 1.